The Morgan fingerprint density at radius 2 is 2.27 bits per heavy atom. The van der Waals surface area contributed by atoms with Gasteiger partial charge in [0, 0.05) is 33.7 Å². The number of rotatable bonds is 6. The van der Waals surface area contributed by atoms with Crippen LogP contribution >= 0.6 is 0 Å². The molecule has 0 bridgehead atoms. The van der Waals surface area contributed by atoms with Crippen LogP contribution in [0.5, 0.6) is 0 Å². The van der Waals surface area contributed by atoms with Crippen LogP contribution in [0.1, 0.15) is 18.3 Å². The fourth-order valence-corrected chi connectivity index (χ4v) is 2.17. The van der Waals surface area contributed by atoms with Crippen molar-refractivity contribution in [1.29, 1.82) is 0 Å². The van der Waals surface area contributed by atoms with Crippen LogP contribution in [-0.4, -0.2) is 54.2 Å². The summed E-state index contributed by atoms with van der Waals surface area (Å²) in [6, 6.07) is 5.97. The number of ether oxygens (including phenoxy) is 1. The molecule has 2 rings (SSSR count). The minimum absolute atomic E-state index is 0.00991. The average Bonchev–Trinajstić information content (AvgIpc) is 2.94. The number of aromatic amines is 1. The number of imidazole rings is 1. The lowest BCUT2D eigenvalue weighted by molar-refractivity contribution is 0.116. The normalized spacial score (nSPS) is 12.4. The number of hydrogen-bond donors (Lipinski definition) is 2. The molecule has 0 saturated heterocycles. The highest BCUT2D eigenvalue weighted by molar-refractivity contribution is 5.78. The molecule has 2 amide bonds. The van der Waals surface area contributed by atoms with Crippen molar-refractivity contribution in [3.05, 3.63) is 29.6 Å². The summed E-state index contributed by atoms with van der Waals surface area (Å²) < 4.78 is 5.11. The minimum Gasteiger partial charge on any atom is -0.380 e. The minimum atomic E-state index is -0.101. The highest BCUT2D eigenvalue weighted by Crippen LogP contribution is 2.15. The zero-order chi connectivity index (χ0) is 16.1. The van der Waals surface area contributed by atoms with Gasteiger partial charge in [0.2, 0.25) is 0 Å². The Labute approximate surface area is 130 Å². The fraction of sp³-hybridized carbons (Fsp3) is 0.500. The number of aromatic nitrogens is 2. The predicted octanol–water partition coefficient (Wildman–Crippen LogP) is 2.09. The van der Waals surface area contributed by atoms with Crippen molar-refractivity contribution in [3.8, 4) is 0 Å². The molecule has 0 fully saturated rings. The van der Waals surface area contributed by atoms with Gasteiger partial charge < -0.3 is 19.9 Å². The van der Waals surface area contributed by atoms with E-state index in [1.807, 2.05) is 32.0 Å². The lowest BCUT2D eigenvalue weighted by Gasteiger charge is -2.18. The molecule has 1 aromatic heterocycles. The zero-order valence-corrected chi connectivity index (χ0v) is 13.6. The summed E-state index contributed by atoms with van der Waals surface area (Å²) in [5, 5.41) is 2.84. The van der Waals surface area contributed by atoms with Crippen molar-refractivity contribution in [2.45, 2.75) is 26.4 Å². The Balaban J connectivity index is 1.88. The van der Waals surface area contributed by atoms with Gasteiger partial charge in [-0.3, -0.25) is 0 Å². The second-order valence-corrected chi connectivity index (χ2v) is 5.56. The molecule has 120 valence electrons. The van der Waals surface area contributed by atoms with Gasteiger partial charge in [-0.25, -0.2) is 9.78 Å². The molecule has 0 spiro atoms. The number of carbonyl (C=O) groups excluding carboxylic acids is 1. The van der Waals surface area contributed by atoms with Crippen molar-refractivity contribution >= 4 is 17.1 Å². The molecule has 1 aromatic carbocycles. The zero-order valence-electron chi connectivity index (χ0n) is 13.6. The lowest BCUT2D eigenvalue weighted by Crippen LogP contribution is -2.41. The second kappa shape index (κ2) is 7.26. The summed E-state index contributed by atoms with van der Waals surface area (Å²) in [6.45, 7) is 5.07. The second-order valence-electron chi connectivity index (χ2n) is 5.56. The number of hydrogen-bond acceptors (Lipinski definition) is 3. The molecule has 0 aliphatic heterocycles. The maximum Gasteiger partial charge on any atom is 0.317 e. The first kappa shape index (κ1) is 16.3. The van der Waals surface area contributed by atoms with Crippen LogP contribution in [0.3, 0.4) is 0 Å². The average molecular weight is 304 g/mol. The van der Waals surface area contributed by atoms with E-state index in [1.165, 1.54) is 0 Å². The topological polar surface area (TPSA) is 70.2 Å². The lowest BCUT2D eigenvalue weighted by atomic mass is 10.2. The van der Waals surface area contributed by atoms with Crippen molar-refractivity contribution in [1.82, 2.24) is 20.2 Å². The van der Waals surface area contributed by atoms with Crippen LogP contribution in [0, 0.1) is 6.92 Å². The van der Waals surface area contributed by atoms with E-state index in [4.69, 9.17) is 4.74 Å². The van der Waals surface area contributed by atoms with Gasteiger partial charge in [-0.05, 0) is 25.5 Å². The standard InChI is InChI=1S/C16H24N4O2/c1-11-6-5-7-13-15(11)19-14(18-13)8-9-20(3)16(21)17-10-12(2)22-4/h5-7,12H,8-10H2,1-4H3,(H,17,21)(H,18,19)/t12-/m1/s1. The summed E-state index contributed by atoms with van der Waals surface area (Å²) in [5.41, 5.74) is 3.19. The summed E-state index contributed by atoms with van der Waals surface area (Å²) >= 11 is 0. The van der Waals surface area contributed by atoms with Crippen molar-refractivity contribution in [2.75, 3.05) is 27.2 Å². The molecule has 6 nitrogen and oxygen atoms in total. The summed E-state index contributed by atoms with van der Waals surface area (Å²) in [5.74, 6) is 0.897. The van der Waals surface area contributed by atoms with Gasteiger partial charge in [0.25, 0.3) is 0 Å². The van der Waals surface area contributed by atoms with Crippen molar-refractivity contribution in [2.24, 2.45) is 0 Å². The number of para-hydroxylation sites is 1. The number of methoxy groups -OCH3 is 1. The third-order valence-corrected chi connectivity index (χ3v) is 3.74. The molecule has 1 atom stereocenters. The molecule has 2 N–H and O–H groups in total. The van der Waals surface area contributed by atoms with Gasteiger partial charge in [-0.15, -0.1) is 0 Å². The third-order valence-electron chi connectivity index (χ3n) is 3.74. The van der Waals surface area contributed by atoms with Gasteiger partial charge in [0.1, 0.15) is 5.82 Å². The van der Waals surface area contributed by atoms with Gasteiger partial charge in [0.15, 0.2) is 0 Å². The maximum atomic E-state index is 11.9. The van der Waals surface area contributed by atoms with Crippen molar-refractivity contribution < 1.29 is 9.53 Å². The number of amides is 2. The number of nitrogens with one attached hydrogen (secondary N) is 2. The molecule has 0 radical (unpaired) electrons. The van der Waals surface area contributed by atoms with Crippen LogP contribution in [-0.2, 0) is 11.2 Å². The summed E-state index contributed by atoms with van der Waals surface area (Å²) in [6.07, 6.45) is 0.702. The molecule has 0 saturated carbocycles. The summed E-state index contributed by atoms with van der Waals surface area (Å²) in [7, 11) is 3.41. The van der Waals surface area contributed by atoms with E-state index in [9.17, 15) is 4.79 Å². The largest absolute Gasteiger partial charge is 0.380 e. The van der Waals surface area contributed by atoms with Gasteiger partial charge >= 0.3 is 6.03 Å². The number of likely N-dealkylation sites (N-methyl/N-ethyl adjacent to an activating group) is 1. The van der Waals surface area contributed by atoms with E-state index in [0.717, 1.165) is 22.4 Å². The Hall–Kier alpha value is -2.08. The van der Waals surface area contributed by atoms with E-state index in [1.54, 1.807) is 19.1 Å². The number of benzene rings is 1. The van der Waals surface area contributed by atoms with Crippen LogP contribution in [0.4, 0.5) is 4.79 Å². The van der Waals surface area contributed by atoms with Crippen LogP contribution in [0.25, 0.3) is 11.0 Å². The van der Waals surface area contributed by atoms with Crippen LogP contribution in [0.15, 0.2) is 18.2 Å². The van der Waals surface area contributed by atoms with E-state index in [-0.39, 0.29) is 12.1 Å². The Kier molecular flexibility index (Phi) is 5.38. The smallest absolute Gasteiger partial charge is 0.317 e. The molecule has 0 unspecified atom stereocenters. The molecule has 1 heterocycles. The molecular weight excluding hydrogens is 280 g/mol. The van der Waals surface area contributed by atoms with E-state index in [2.05, 4.69) is 15.3 Å². The molecule has 22 heavy (non-hydrogen) atoms. The van der Waals surface area contributed by atoms with Gasteiger partial charge in [-0.1, -0.05) is 12.1 Å². The maximum absolute atomic E-state index is 11.9. The molecular formula is C16H24N4O2. The monoisotopic (exact) mass is 304 g/mol. The Bertz CT molecular complexity index is 638. The van der Waals surface area contributed by atoms with E-state index in [0.29, 0.717) is 19.5 Å². The first-order valence-corrected chi connectivity index (χ1v) is 7.47. The first-order chi connectivity index (χ1) is 10.5. The van der Waals surface area contributed by atoms with Gasteiger partial charge in [0.05, 0.1) is 17.1 Å². The summed E-state index contributed by atoms with van der Waals surface area (Å²) in [4.78, 5) is 21.5. The SMILES string of the molecule is CO[C@H](C)CNC(=O)N(C)CCc1nc2c(C)cccc2[nH]1. The van der Waals surface area contributed by atoms with Crippen LogP contribution < -0.4 is 5.32 Å². The van der Waals surface area contributed by atoms with Gasteiger partial charge in [-0.2, -0.15) is 0 Å². The number of nitrogens with zero attached hydrogens (tertiary/aromatic N) is 2. The number of aryl methyl sites for hydroxylation is 1. The Morgan fingerprint density at radius 1 is 1.50 bits per heavy atom. The third kappa shape index (κ3) is 3.98. The van der Waals surface area contributed by atoms with E-state index >= 15 is 0 Å². The molecule has 0 aliphatic carbocycles. The number of H-pyrrole nitrogens is 1. The Morgan fingerprint density at radius 3 is 2.95 bits per heavy atom. The number of carbonyl (C=O) groups is 1. The molecule has 0 aliphatic rings. The molecule has 2 aromatic rings. The predicted molar refractivity (Wildman–Crippen MR) is 87.0 cm³/mol. The first-order valence-electron chi connectivity index (χ1n) is 7.47. The highest BCUT2D eigenvalue weighted by atomic mass is 16.5. The van der Waals surface area contributed by atoms with Crippen molar-refractivity contribution in [3.63, 3.8) is 0 Å². The van der Waals surface area contributed by atoms with E-state index < -0.39 is 0 Å². The number of urea groups is 1. The fourth-order valence-electron chi connectivity index (χ4n) is 2.17. The number of fused-ring (bicyclic) bond motifs is 1. The highest BCUT2D eigenvalue weighted by Gasteiger charge is 2.11. The molecule has 6 heteroatoms. The van der Waals surface area contributed by atoms with Crippen LogP contribution in [0.2, 0.25) is 0 Å². The quantitative estimate of drug-likeness (QED) is 0.858.